The molecule has 0 aliphatic heterocycles. The standard InChI is InChI=1S/C15H19N3O2S/c1-2-3-8-17(11-4-5-11)14-12(6-7-13(19)20)18-9-10-21-15(18)16-14/h6-7,9-11H,2-5,8H2,1H3,(H,19,20). The van der Waals surface area contributed by atoms with Crippen LogP contribution in [-0.4, -0.2) is 33.0 Å². The van der Waals surface area contributed by atoms with E-state index in [4.69, 9.17) is 10.1 Å². The number of thiazole rings is 1. The van der Waals surface area contributed by atoms with E-state index < -0.39 is 5.97 Å². The number of imidazole rings is 1. The van der Waals surface area contributed by atoms with Gasteiger partial charge in [0.05, 0.1) is 5.69 Å². The van der Waals surface area contributed by atoms with E-state index >= 15 is 0 Å². The van der Waals surface area contributed by atoms with Crippen molar-refractivity contribution in [1.82, 2.24) is 9.38 Å². The van der Waals surface area contributed by atoms with Gasteiger partial charge >= 0.3 is 5.97 Å². The van der Waals surface area contributed by atoms with E-state index in [-0.39, 0.29) is 0 Å². The van der Waals surface area contributed by atoms with Crippen molar-refractivity contribution < 1.29 is 9.90 Å². The molecule has 1 fully saturated rings. The first kappa shape index (κ1) is 14.1. The maximum Gasteiger partial charge on any atom is 0.328 e. The Bertz CT molecular complexity index is 670. The van der Waals surface area contributed by atoms with Gasteiger partial charge in [-0.15, -0.1) is 11.3 Å². The van der Waals surface area contributed by atoms with Gasteiger partial charge in [-0.2, -0.15) is 0 Å². The first-order valence-electron chi connectivity index (χ1n) is 7.34. The topological polar surface area (TPSA) is 57.8 Å². The average molecular weight is 305 g/mol. The number of carbonyl (C=O) groups is 1. The zero-order valence-corrected chi connectivity index (χ0v) is 12.8. The van der Waals surface area contributed by atoms with Crippen molar-refractivity contribution in [3.05, 3.63) is 23.3 Å². The van der Waals surface area contributed by atoms with Gasteiger partial charge in [0.1, 0.15) is 0 Å². The summed E-state index contributed by atoms with van der Waals surface area (Å²) in [5, 5.41) is 10.9. The van der Waals surface area contributed by atoms with E-state index in [0.717, 1.165) is 35.9 Å². The van der Waals surface area contributed by atoms with Crippen molar-refractivity contribution in [2.45, 2.75) is 38.6 Å². The lowest BCUT2D eigenvalue weighted by Crippen LogP contribution is -2.27. The zero-order valence-electron chi connectivity index (χ0n) is 12.0. The molecule has 3 rings (SSSR count). The highest BCUT2D eigenvalue weighted by atomic mass is 32.1. The molecule has 1 saturated carbocycles. The number of hydrogen-bond donors (Lipinski definition) is 1. The van der Waals surface area contributed by atoms with E-state index in [1.165, 1.54) is 18.9 Å². The van der Waals surface area contributed by atoms with Crippen LogP contribution in [0.3, 0.4) is 0 Å². The molecule has 5 nitrogen and oxygen atoms in total. The lowest BCUT2D eigenvalue weighted by atomic mass is 10.2. The monoisotopic (exact) mass is 305 g/mol. The Morgan fingerprint density at radius 1 is 1.62 bits per heavy atom. The third kappa shape index (κ3) is 2.95. The fourth-order valence-corrected chi connectivity index (χ4v) is 3.20. The lowest BCUT2D eigenvalue weighted by Gasteiger charge is -2.22. The number of aromatic nitrogens is 2. The smallest absolute Gasteiger partial charge is 0.328 e. The molecule has 1 aliphatic rings. The summed E-state index contributed by atoms with van der Waals surface area (Å²) in [6, 6.07) is 0.568. The normalized spacial score (nSPS) is 15.1. The number of hydrogen-bond acceptors (Lipinski definition) is 4. The van der Waals surface area contributed by atoms with Gasteiger partial charge in [0.15, 0.2) is 10.8 Å². The van der Waals surface area contributed by atoms with Crippen LogP contribution < -0.4 is 4.90 Å². The third-order valence-corrected chi connectivity index (χ3v) is 4.43. The molecule has 0 aromatic carbocycles. The molecule has 2 heterocycles. The number of fused-ring (bicyclic) bond motifs is 1. The zero-order chi connectivity index (χ0) is 14.8. The number of anilines is 1. The van der Waals surface area contributed by atoms with Gasteiger partial charge in [-0.1, -0.05) is 13.3 Å². The summed E-state index contributed by atoms with van der Waals surface area (Å²) in [6.45, 7) is 3.17. The largest absolute Gasteiger partial charge is 0.478 e. The van der Waals surface area contributed by atoms with Crippen LogP contribution in [-0.2, 0) is 4.79 Å². The highest BCUT2D eigenvalue weighted by molar-refractivity contribution is 7.15. The van der Waals surface area contributed by atoms with Crippen molar-refractivity contribution in [3.63, 3.8) is 0 Å². The average Bonchev–Trinajstić information content (AvgIpc) is 3.08. The minimum Gasteiger partial charge on any atom is -0.478 e. The molecule has 1 aliphatic carbocycles. The molecule has 0 radical (unpaired) electrons. The second-order valence-electron chi connectivity index (χ2n) is 5.33. The van der Waals surface area contributed by atoms with Gasteiger partial charge in [0.2, 0.25) is 0 Å². The van der Waals surface area contributed by atoms with Crippen LogP contribution in [0.1, 0.15) is 38.3 Å². The van der Waals surface area contributed by atoms with Crippen molar-refractivity contribution in [2.24, 2.45) is 0 Å². The molecule has 0 amide bonds. The number of nitrogens with zero attached hydrogens (tertiary/aromatic N) is 3. The van der Waals surface area contributed by atoms with Gasteiger partial charge in [-0.3, -0.25) is 4.40 Å². The molecule has 0 saturated heterocycles. The van der Waals surface area contributed by atoms with Crippen molar-refractivity contribution in [1.29, 1.82) is 0 Å². The van der Waals surface area contributed by atoms with Gasteiger partial charge < -0.3 is 10.0 Å². The molecule has 21 heavy (non-hydrogen) atoms. The molecule has 0 bridgehead atoms. The van der Waals surface area contributed by atoms with Crippen LogP contribution >= 0.6 is 11.3 Å². The number of carboxylic acids is 1. The van der Waals surface area contributed by atoms with Crippen LogP contribution in [0, 0.1) is 0 Å². The predicted molar refractivity (Wildman–Crippen MR) is 85.0 cm³/mol. The molecular weight excluding hydrogens is 286 g/mol. The van der Waals surface area contributed by atoms with E-state index in [0.29, 0.717) is 6.04 Å². The summed E-state index contributed by atoms with van der Waals surface area (Å²) < 4.78 is 1.97. The lowest BCUT2D eigenvalue weighted by molar-refractivity contribution is -0.131. The minimum absolute atomic E-state index is 0.568. The molecular formula is C15H19N3O2S. The van der Waals surface area contributed by atoms with Crippen LogP contribution in [0.5, 0.6) is 0 Å². The van der Waals surface area contributed by atoms with Crippen LogP contribution in [0.2, 0.25) is 0 Å². The molecule has 2 aromatic rings. The quantitative estimate of drug-likeness (QED) is 0.798. The Morgan fingerprint density at radius 2 is 2.43 bits per heavy atom. The van der Waals surface area contributed by atoms with Crippen molar-refractivity contribution >= 4 is 34.2 Å². The summed E-state index contributed by atoms with van der Waals surface area (Å²) in [5.74, 6) is -0.00652. The molecule has 0 spiro atoms. The Kier molecular flexibility index (Phi) is 3.96. The summed E-state index contributed by atoms with van der Waals surface area (Å²) >= 11 is 1.57. The Hall–Kier alpha value is -1.82. The van der Waals surface area contributed by atoms with Gasteiger partial charge in [-0.05, 0) is 25.3 Å². The summed E-state index contributed by atoms with van der Waals surface area (Å²) in [6.07, 6.45) is 9.48. The number of aliphatic carboxylic acids is 1. The molecule has 2 aromatic heterocycles. The highest BCUT2D eigenvalue weighted by Gasteiger charge is 2.32. The first-order chi connectivity index (χ1) is 10.2. The van der Waals surface area contributed by atoms with E-state index in [2.05, 4.69) is 11.8 Å². The number of unbranched alkanes of at least 4 members (excludes halogenated alkanes) is 1. The second-order valence-corrected chi connectivity index (χ2v) is 6.20. The maximum absolute atomic E-state index is 10.8. The third-order valence-electron chi connectivity index (χ3n) is 3.68. The Labute approximate surface area is 127 Å². The maximum atomic E-state index is 10.8. The van der Waals surface area contributed by atoms with Crippen LogP contribution in [0.25, 0.3) is 11.0 Å². The van der Waals surface area contributed by atoms with Gasteiger partial charge in [0, 0.05) is 30.2 Å². The summed E-state index contributed by atoms with van der Waals surface area (Å²) in [5.41, 5.74) is 0.872. The predicted octanol–water partition coefficient (Wildman–Crippen LogP) is 3.26. The SMILES string of the molecule is CCCCN(c1nc2sccn2c1C=CC(=O)O)C1CC1. The number of rotatable bonds is 7. The van der Waals surface area contributed by atoms with Gasteiger partial charge in [0.25, 0.3) is 0 Å². The fraction of sp³-hybridized carbons (Fsp3) is 0.467. The van der Waals surface area contributed by atoms with Crippen LogP contribution in [0.4, 0.5) is 5.82 Å². The molecule has 6 heteroatoms. The minimum atomic E-state index is -0.933. The molecule has 0 unspecified atom stereocenters. The van der Waals surface area contributed by atoms with Crippen LogP contribution in [0.15, 0.2) is 17.7 Å². The highest BCUT2D eigenvalue weighted by Crippen LogP contribution is 2.35. The van der Waals surface area contributed by atoms with Gasteiger partial charge in [-0.25, -0.2) is 9.78 Å². The molecule has 112 valence electrons. The summed E-state index contributed by atoms with van der Waals surface area (Å²) in [7, 11) is 0. The first-order valence-corrected chi connectivity index (χ1v) is 8.22. The van der Waals surface area contributed by atoms with Crippen molar-refractivity contribution in [3.8, 4) is 0 Å². The fourth-order valence-electron chi connectivity index (χ4n) is 2.48. The Balaban J connectivity index is 2.00. The molecule has 1 N–H and O–H groups in total. The molecule has 0 atom stereocenters. The Morgan fingerprint density at radius 3 is 3.10 bits per heavy atom. The second kappa shape index (κ2) is 5.89. The van der Waals surface area contributed by atoms with E-state index in [9.17, 15) is 4.79 Å². The van der Waals surface area contributed by atoms with E-state index in [1.807, 2.05) is 16.0 Å². The van der Waals surface area contributed by atoms with E-state index in [1.54, 1.807) is 17.4 Å². The number of carboxylic acid groups (broad SMARTS) is 1. The summed E-state index contributed by atoms with van der Waals surface area (Å²) in [4.78, 5) is 18.8. The van der Waals surface area contributed by atoms with Crippen molar-refractivity contribution in [2.75, 3.05) is 11.4 Å².